The van der Waals surface area contributed by atoms with Crippen LogP contribution in [0.1, 0.15) is 24.8 Å². The van der Waals surface area contributed by atoms with Crippen molar-refractivity contribution in [1.29, 1.82) is 0 Å². The highest BCUT2D eigenvalue weighted by Gasteiger charge is 2.22. The fourth-order valence-corrected chi connectivity index (χ4v) is 3.47. The minimum absolute atomic E-state index is 0.119. The first-order valence-electron chi connectivity index (χ1n) is 9.82. The molecule has 1 aliphatic rings. The number of nitrogens with zero attached hydrogens (tertiary/aromatic N) is 1. The van der Waals surface area contributed by atoms with Gasteiger partial charge in [-0.2, -0.15) is 0 Å². The van der Waals surface area contributed by atoms with E-state index in [0.29, 0.717) is 36.8 Å². The lowest BCUT2D eigenvalue weighted by Crippen LogP contribution is -2.41. The molecule has 0 unspecified atom stereocenters. The van der Waals surface area contributed by atoms with Crippen molar-refractivity contribution < 1.29 is 18.4 Å². The Morgan fingerprint density at radius 2 is 1.72 bits per heavy atom. The quantitative estimate of drug-likeness (QED) is 0.770. The Kier molecular flexibility index (Phi) is 7.16. The van der Waals surface area contributed by atoms with Crippen molar-refractivity contribution in [2.75, 3.05) is 25.0 Å². The number of likely N-dealkylation sites (tertiary alicyclic amines) is 1. The number of benzene rings is 2. The summed E-state index contributed by atoms with van der Waals surface area (Å²) in [5, 5.41) is 5.66. The molecule has 0 bridgehead atoms. The Balaban J connectivity index is 1.33. The van der Waals surface area contributed by atoms with Crippen LogP contribution >= 0.6 is 0 Å². The van der Waals surface area contributed by atoms with Crippen LogP contribution < -0.4 is 10.6 Å². The van der Waals surface area contributed by atoms with Crippen molar-refractivity contribution in [3.63, 3.8) is 0 Å². The van der Waals surface area contributed by atoms with Crippen molar-refractivity contribution in [2.45, 2.75) is 25.7 Å². The number of hydrogen-bond donors (Lipinski definition) is 2. The number of halogens is 2. The topological polar surface area (TPSA) is 61.4 Å². The van der Waals surface area contributed by atoms with Gasteiger partial charge >= 0.3 is 6.03 Å². The van der Waals surface area contributed by atoms with Crippen LogP contribution in [0.25, 0.3) is 0 Å². The Morgan fingerprint density at radius 3 is 2.41 bits per heavy atom. The largest absolute Gasteiger partial charge is 0.356 e. The summed E-state index contributed by atoms with van der Waals surface area (Å²) in [5.74, 6) is -0.358. The lowest BCUT2D eigenvalue weighted by Gasteiger charge is -2.32. The number of urea groups is 1. The molecular formula is C22H25F2N3O2. The van der Waals surface area contributed by atoms with Gasteiger partial charge in [-0.3, -0.25) is 4.79 Å². The first-order valence-corrected chi connectivity index (χ1v) is 9.82. The van der Waals surface area contributed by atoms with Gasteiger partial charge in [0.1, 0.15) is 11.6 Å². The molecule has 5 nitrogen and oxygen atoms in total. The van der Waals surface area contributed by atoms with Crippen molar-refractivity contribution in [1.82, 2.24) is 10.2 Å². The zero-order valence-electron chi connectivity index (χ0n) is 16.2. The maximum absolute atomic E-state index is 13.2. The van der Waals surface area contributed by atoms with Crippen LogP contribution in [0.3, 0.4) is 0 Å². The number of hydrogen-bond acceptors (Lipinski definition) is 2. The number of carbonyl (C=O) groups excluding carboxylic acids is 2. The van der Waals surface area contributed by atoms with E-state index in [0.717, 1.165) is 19.3 Å². The molecule has 0 aromatic heterocycles. The van der Waals surface area contributed by atoms with E-state index in [1.165, 1.54) is 36.4 Å². The predicted molar refractivity (Wildman–Crippen MR) is 107 cm³/mol. The van der Waals surface area contributed by atoms with Crippen LogP contribution in [0.15, 0.2) is 48.5 Å². The van der Waals surface area contributed by atoms with Gasteiger partial charge in [-0.15, -0.1) is 0 Å². The van der Waals surface area contributed by atoms with Gasteiger partial charge in [0, 0.05) is 25.3 Å². The highest BCUT2D eigenvalue weighted by Crippen LogP contribution is 2.21. The van der Waals surface area contributed by atoms with Crippen LogP contribution in [-0.2, 0) is 11.2 Å². The molecule has 154 valence electrons. The summed E-state index contributed by atoms with van der Waals surface area (Å²) >= 11 is 0. The van der Waals surface area contributed by atoms with Gasteiger partial charge in [0.2, 0.25) is 5.91 Å². The third-order valence-electron chi connectivity index (χ3n) is 5.13. The fourth-order valence-electron chi connectivity index (χ4n) is 3.47. The summed E-state index contributed by atoms with van der Waals surface area (Å²) < 4.78 is 26.1. The van der Waals surface area contributed by atoms with Crippen LogP contribution in [0.2, 0.25) is 0 Å². The van der Waals surface area contributed by atoms with Gasteiger partial charge < -0.3 is 15.5 Å². The minimum Gasteiger partial charge on any atom is -0.356 e. The Bertz CT molecular complexity index is 834. The zero-order valence-corrected chi connectivity index (χ0v) is 16.2. The molecule has 1 aliphatic heterocycles. The van der Waals surface area contributed by atoms with Crippen molar-refractivity contribution in [2.24, 2.45) is 5.92 Å². The minimum atomic E-state index is -0.342. The Hall–Kier alpha value is -2.96. The highest BCUT2D eigenvalue weighted by molar-refractivity contribution is 5.89. The van der Waals surface area contributed by atoms with Crippen molar-refractivity contribution in [3.05, 3.63) is 65.7 Å². The van der Waals surface area contributed by atoms with E-state index in [2.05, 4.69) is 10.6 Å². The van der Waals surface area contributed by atoms with Gasteiger partial charge in [0.15, 0.2) is 0 Å². The van der Waals surface area contributed by atoms with E-state index in [1.807, 2.05) is 0 Å². The van der Waals surface area contributed by atoms with E-state index < -0.39 is 0 Å². The van der Waals surface area contributed by atoms with E-state index in [4.69, 9.17) is 0 Å². The van der Waals surface area contributed by atoms with Gasteiger partial charge in [-0.1, -0.05) is 12.1 Å². The Morgan fingerprint density at radius 1 is 1.00 bits per heavy atom. The molecule has 0 aliphatic carbocycles. The van der Waals surface area contributed by atoms with Gasteiger partial charge in [-0.05, 0) is 67.1 Å². The highest BCUT2D eigenvalue weighted by atomic mass is 19.1. The molecule has 0 atom stereocenters. The number of anilines is 1. The third-order valence-corrected chi connectivity index (χ3v) is 5.13. The normalized spacial score (nSPS) is 14.5. The predicted octanol–water partition coefficient (Wildman–Crippen LogP) is 3.96. The number of rotatable bonds is 6. The summed E-state index contributed by atoms with van der Waals surface area (Å²) in [6.45, 7) is 1.87. The maximum Gasteiger partial charge on any atom is 0.321 e. The lowest BCUT2D eigenvalue weighted by molar-refractivity contribution is -0.120. The average Bonchev–Trinajstić information content (AvgIpc) is 2.70. The van der Waals surface area contributed by atoms with Crippen LogP contribution in [-0.4, -0.2) is 36.5 Å². The number of amides is 3. The van der Waals surface area contributed by atoms with E-state index in [1.54, 1.807) is 17.0 Å². The van der Waals surface area contributed by atoms with Crippen LogP contribution in [0.5, 0.6) is 0 Å². The molecule has 2 N–H and O–H groups in total. The molecule has 7 heteroatoms. The fraction of sp³-hybridized carbons (Fsp3) is 0.364. The van der Waals surface area contributed by atoms with Crippen molar-refractivity contribution >= 4 is 17.6 Å². The standard InChI is InChI=1S/C22H25F2N3O2/c23-18-4-6-20(7-5-18)26-22(29)27-12-9-16(10-13-27)8-11-25-21(28)15-17-2-1-3-19(24)14-17/h1-7,14,16H,8-13,15H2,(H,25,28)(H,26,29). The van der Waals surface area contributed by atoms with Gasteiger partial charge in [0.25, 0.3) is 0 Å². The molecule has 1 fully saturated rings. The summed E-state index contributed by atoms with van der Waals surface area (Å²) in [6.07, 6.45) is 2.76. The van der Waals surface area contributed by atoms with Crippen LogP contribution in [0, 0.1) is 17.6 Å². The van der Waals surface area contributed by atoms with E-state index >= 15 is 0 Å². The lowest BCUT2D eigenvalue weighted by atomic mass is 9.93. The Labute approximate surface area is 169 Å². The number of nitrogens with one attached hydrogen (secondary N) is 2. The zero-order chi connectivity index (χ0) is 20.6. The van der Waals surface area contributed by atoms with E-state index in [9.17, 15) is 18.4 Å². The summed E-state index contributed by atoms with van der Waals surface area (Å²) in [7, 11) is 0. The molecule has 3 amide bonds. The first kappa shape index (κ1) is 20.8. The molecule has 3 rings (SSSR count). The van der Waals surface area contributed by atoms with Crippen LogP contribution in [0.4, 0.5) is 19.3 Å². The smallest absolute Gasteiger partial charge is 0.321 e. The monoisotopic (exact) mass is 401 g/mol. The molecule has 0 saturated carbocycles. The summed E-state index contributed by atoms with van der Waals surface area (Å²) in [4.78, 5) is 26.0. The molecule has 0 spiro atoms. The molecule has 29 heavy (non-hydrogen) atoms. The third kappa shape index (κ3) is 6.55. The molecule has 2 aromatic carbocycles. The van der Waals surface area contributed by atoms with Gasteiger partial charge in [0.05, 0.1) is 6.42 Å². The average molecular weight is 401 g/mol. The number of carbonyl (C=O) groups is 2. The molecule has 1 heterocycles. The van der Waals surface area contributed by atoms with E-state index in [-0.39, 0.29) is 30.0 Å². The summed E-state index contributed by atoms with van der Waals surface area (Å²) in [5.41, 5.74) is 1.22. The summed E-state index contributed by atoms with van der Waals surface area (Å²) in [6, 6.07) is 11.6. The second-order valence-electron chi connectivity index (χ2n) is 7.31. The second-order valence-corrected chi connectivity index (χ2v) is 7.31. The molecule has 1 saturated heterocycles. The number of piperidine rings is 1. The maximum atomic E-state index is 13.2. The molecule has 2 aromatic rings. The SMILES string of the molecule is O=C(Cc1cccc(F)c1)NCCC1CCN(C(=O)Nc2ccc(F)cc2)CC1. The van der Waals surface area contributed by atoms with Gasteiger partial charge in [-0.25, -0.2) is 13.6 Å². The van der Waals surface area contributed by atoms with Crippen molar-refractivity contribution in [3.8, 4) is 0 Å². The molecular weight excluding hydrogens is 376 g/mol. The molecule has 0 radical (unpaired) electrons. The first-order chi connectivity index (χ1) is 14.0. The second kappa shape index (κ2) is 10.0.